The minimum Gasteiger partial charge on any atom is -0.405 e. The van der Waals surface area contributed by atoms with Gasteiger partial charge in [-0.05, 0) is 31.9 Å². The summed E-state index contributed by atoms with van der Waals surface area (Å²) >= 11 is 0. The van der Waals surface area contributed by atoms with Gasteiger partial charge in [-0.2, -0.15) is 0 Å². The second-order valence-electron chi connectivity index (χ2n) is 6.57. The highest BCUT2D eigenvalue weighted by atomic mass is 19.4. The first-order chi connectivity index (χ1) is 11.6. The maximum Gasteiger partial charge on any atom is 0.573 e. The second-order valence-corrected chi connectivity index (χ2v) is 6.57. The Hall–Kier alpha value is -1.96. The zero-order chi connectivity index (χ0) is 18.7. The largest absolute Gasteiger partial charge is 0.573 e. The number of guanidine groups is 1. The van der Waals surface area contributed by atoms with Gasteiger partial charge >= 0.3 is 6.36 Å². The summed E-state index contributed by atoms with van der Waals surface area (Å²) in [5.74, 6) is 0.396. The summed E-state index contributed by atoms with van der Waals surface area (Å²) < 4.78 is 47.1. The standard InChI is InChI=1S/C17H24F3N3O2/c1-16(2,24-4)10-22-15(21-3)23-13-9-12(13)11-7-5-6-8-14(11)25-17(18,19)20/h5-8,12-13H,9-10H2,1-4H3,(H2,21,22,23). The van der Waals surface area contributed by atoms with E-state index in [1.54, 1.807) is 26.3 Å². The lowest BCUT2D eigenvalue weighted by Crippen LogP contribution is -2.46. The van der Waals surface area contributed by atoms with Crippen molar-refractivity contribution in [1.29, 1.82) is 0 Å². The van der Waals surface area contributed by atoms with Crippen LogP contribution in [-0.4, -0.2) is 44.7 Å². The lowest BCUT2D eigenvalue weighted by atomic mass is 10.1. The molecule has 1 fully saturated rings. The molecule has 0 radical (unpaired) electrons. The van der Waals surface area contributed by atoms with Gasteiger partial charge in [0.15, 0.2) is 5.96 Å². The number of ether oxygens (including phenoxy) is 2. The molecule has 25 heavy (non-hydrogen) atoms. The molecule has 2 atom stereocenters. The fourth-order valence-corrected chi connectivity index (χ4v) is 2.44. The molecule has 5 nitrogen and oxygen atoms in total. The molecule has 0 bridgehead atoms. The molecule has 1 aromatic rings. The van der Waals surface area contributed by atoms with E-state index in [2.05, 4.69) is 20.4 Å². The Morgan fingerprint density at radius 1 is 1.28 bits per heavy atom. The van der Waals surface area contributed by atoms with E-state index in [1.807, 2.05) is 13.8 Å². The number of alkyl halides is 3. The number of para-hydroxylation sites is 1. The molecule has 140 valence electrons. The predicted molar refractivity (Wildman–Crippen MR) is 89.9 cm³/mol. The number of nitrogens with one attached hydrogen (secondary N) is 2. The molecule has 1 aliphatic carbocycles. The third-order valence-corrected chi connectivity index (χ3v) is 4.11. The summed E-state index contributed by atoms with van der Waals surface area (Å²) in [4.78, 5) is 4.14. The van der Waals surface area contributed by atoms with Gasteiger partial charge in [-0.1, -0.05) is 18.2 Å². The molecule has 2 unspecified atom stereocenters. The van der Waals surface area contributed by atoms with Crippen molar-refractivity contribution < 1.29 is 22.6 Å². The van der Waals surface area contributed by atoms with Crippen molar-refractivity contribution in [2.45, 2.75) is 44.2 Å². The van der Waals surface area contributed by atoms with Crippen LogP contribution in [0.2, 0.25) is 0 Å². The quantitative estimate of drug-likeness (QED) is 0.606. The van der Waals surface area contributed by atoms with Crippen LogP contribution in [0.4, 0.5) is 13.2 Å². The lowest BCUT2D eigenvalue weighted by Gasteiger charge is -2.24. The van der Waals surface area contributed by atoms with Gasteiger partial charge in [-0.15, -0.1) is 13.2 Å². The van der Waals surface area contributed by atoms with Gasteiger partial charge in [0.25, 0.3) is 0 Å². The minimum atomic E-state index is -4.70. The summed E-state index contributed by atoms with van der Waals surface area (Å²) in [7, 11) is 3.28. The third-order valence-electron chi connectivity index (χ3n) is 4.11. The first kappa shape index (κ1) is 19.4. The molecule has 2 rings (SSSR count). The second kappa shape index (κ2) is 7.51. The van der Waals surface area contributed by atoms with Crippen molar-refractivity contribution in [2.75, 3.05) is 20.7 Å². The Labute approximate surface area is 145 Å². The van der Waals surface area contributed by atoms with Crippen LogP contribution in [0, 0.1) is 0 Å². The predicted octanol–water partition coefficient (Wildman–Crippen LogP) is 3.03. The number of hydrogen-bond donors (Lipinski definition) is 2. The first-order valence-corrected chi connectivity index (χ1v) is 8.02. The molecule has 1 saturated carbocycles. The molecule has 1 aliphatic rings. The summed E-state index contributed by atoms with van der Waals surface area (Å²) in [5.41, 5.74) is 0.193. The highest BCUT2D eigenvalue weighted by Crippen LogP contribution is 2.45. The Balaban J connectivity index is 1.96. The monoisotopic (exact) mass is 359 g/mol. The van der Waals surface area contributed by atoms with Crippen LogP contribution in [0.1, 0.15) is 31.7 Å². The zero-order valence-corrected chi connectivity index (χ0v) is 14.8. The molecule has 0 aliphatic heterocycles. The van der Waals surface area contributed by atoms with Crippen molar-refractivity contribution in [3.05, 3.63) is 29.8 Å². The maximum absolute atomic E-state index is 12.5. The number of halogens is 3. The van der Waals surface area contributed by atoms with Crippen LogP contribution in [0.5, 0.6) is 5.75 Å². The van der Waals surface area contributed by atoms with Crippen LogP contribution in [0.25, 0.3) is 0 Å². The summed E-state index contributed by atoms with van der Waals surface area (Å²) in [6.07, 6.45) is -3.98. The first-order valence-electron chi connectivity index (χ1n) is 8.02. The Morgan fingerprint density at radius 3 is 2.56 bits per heavy atom. The number of benzene rings is 1. The van der Waals surface area contributed by atoms with E-state index in [9.17, 15) is 13.2 Å². The van der Waals surface area contributed by atoms with E-state index in [1.165, 1.54) is 12.1 Å². The molecule has 2 N–H and O–H groups in total. The van der Waals surface area contributed by atoms with Crippen molar-refractivity contribution in [3.8, 4) is 5.75 Å². The summed E-state index contributed by atoms with van der Waals surface area (Å²) in [5, 5.41) is 6.38. The molecule has 0 heterocycles. The van der Waals surface area contributed by atoms with Crippen molar-refractivity contribution in [2.24, 2.45) is 4.99 Å². The highest BCUT2D eigenvalue weighted by Gasteiger charge is 2.42. The third kappa shape index (κ3) is 5.81. The van der Waals surface area contributed by atoms with E-state index in [0.29, 0.717) is 24.5 Å². The molecule has 0 saturated heterocycles. The van der Waals surface area contributed by atoms with Gasteiger partial charge in [0, 0.05) is 32.7 Å². The molecule has 0 amide bonds. The summed E-state index contributed by atoms with van der Waals surface area (Å²) in [6, 6.07) is 6.25. The fraction of sp³-hybridized carbons (Fsp3) is 0.588. The Morgan fingerprint density at radius 2 is 1.96 bits per heavy atom. The van der Waals surface area contributed by atoms with Gasteiger partial charge in [-0.3, -0.25) is 4.99 Å². The number of nitrogens with zero attached hydrogens (tertiary/aromatic N) is 1. The van der Waals surface area contributed by atoms with Crippen LogP contribution < -0.4 is 15.4 Å². The molecule has 8 heteroatoms. The van der Waals surface area contributed by atoms with Crippen LogP contribution in [0.3, 0.4) is 0 Å². The van der Waals surface area contributed by atoms with E-state index in [0.717, 1.165) is 0 Å². The highest BCUT2D eigenvalue weighted by molar-refractivity contribution is 5.80. The average Bonchev–Trinajstić information content (AvgIpc) is 3.29. The molecular formula is C17H24F3N3O2. The smallest absolute Gasteiger partial charge is 0.405 e. The number of aliphatic imine (C=N–C) groups is 1. The summed E-state index contributed by atoms with van der Waals surface area (Å²) in [6.45, 7) is 4.43. The van der Waals surface area contributed by atoms with Crippen molar-refractivity contribution in [3.63, 3.8) is 0 Å². The maximum atomic E-state index is 12.5. The Kier molecular flexibility index (Phi) is 5.82. The van der Waals surface area contributed by atoms with Crippen molar-refractivity contribution >= 4 is 5.96 Å². The number of hydrogen-bond acceptors (Lipinski definition) is 3. The molecular weight excluding hydrogens is 335 g/mol. The molecule has 1 aromatic carbocycles. The van der Waals surface area contributed by atoms with E-state index >= 15 is 0 Å². The average molecular weight is 359 g/mol. The van der Waals surface area contributed by atoms with Crippen LogP contribution >= 0.6 is 0 Å². The van der Waals surface area contributed by atoms with Gasteiger partial charge in [0.1, 0.15) is 5.75 Å². The van der Waals surface area contributed by atoms with E-state index < -0.39 is 6.36 Å². The number of rotatable bonds is 6. The van der Waals surface area contributed by atoms with Gasteiger partial charge < -0.3 is 20.1 Å². The van der Waals surface area contributed by atoms with Gasteiger partial charge in [0.05, 0.1) is 5.60 Å². The lowest BCUT2D eigenvalue weighted by molar-refractivity contribution is -0.274. The molecule has 0 aromatic heterocycles. The van der Waals surface area contributed by atoms with Gasteiger partial charge in [-0.25, -0.2) is 0 Å². The topological polar surface area (TPSA) is 54.9 Å². The fourth-order valence-electron chi connectivity index (χ4n) is 2.44. The van der Waals surface area contributed by atoms with Crippen LogP contribution in [0.15, 0.2) is 29.3 Å². The van der Waals surface area contributed by atoms with E-state index in [4.69, 9.17) is 4.74 Å². The normalized spacial score (nSPS) is 21.0. The molecule has 0 spiro atoms. The Bertz CT molecular complexity index is 617. The van der Waals surface area contributed by atoms with Crippen LogP contribution in [-0.2, 0) is 4.74 Å². The van der Waals surface area contributed by atoms with E-state index in [-0.39, 0.29) is 23.3 Å². The minimum absolute atomic E-state index is 0.00911. The zero-order valence-electron chi connectivity index (χ0n) is 14.8. The van der Waals surface area contributed by atoms with Gasteiger partial charge in [0.2, 0.25) is 0 Å². The SMILES string of the molecule is CN=C(NCC(C)(C)OC)NC1CC1c1ccccc1OC(F)(F)F. The number of methoxy groups -OCH3 is 1. The van der Waals surface area contributed by atoms with Crippen molar-refractivity contribution in [1.82, 2.24) is 10.6 Å².